The summed E-state index contributed by atoms with van der Waals surface area (Å²) in [6.45, 7) is 0.257. The Hall–Kier alpha value is -2.67. The van der Waals surface area contributed by atoms with Crippen LogP contribution in [0.3, 0.4) is 0 Å². The fraction of sp³-hybridized carbons (Fsp3) is 0.214. The molecule has 0 saturated carbocycles. The first-order chi connectivity index (χ1) is 10.3. The fourth-order valence-corrected chi connectivity index (χ4v) is 2.18. The summed E-state index contributed by atoms with van der Waals surface area (Å²) >= 11 is 0. The third-order valence-corrected chi connectivity index (χ3v) is 3.10. The third-order valence-electron chi connectivity index (χ3n) is 3.10. The molecule has 0 N–H and O–H groups in total. The van der Waals surface area contributed by atoms with Crippen LogP contribution in [0.25, 0.3) is 0 Å². The minimum absolute atomic E-state index is 0.257. The van der Waals surface area contributed by atoms with Gasteiger partial charge in [0.2, 0.25) is 0 Å². The van der Waals surface area contributed by atoms with E-state index in [1.54, 1.807) is 36.5 Å². The minimum atomic E-state index is 0.257. The molecule has 2 aromatic rings. The molecule has 0 spiro atoms. The van der Waals surface area contributed by atoms with E-state index in [9.17, 15) is 4.79 Å². The first-order valence-corrected chi connectivity index (χ1v) is 6.21. The number of benzene rings is 1. The first kappa shape index (κ1) is 13.3. The van der Waals surface area contributed by atoms with Crippen molar-refractivity contribution >= 4 is 17.8 Å². The number of aromatic nitrogens is 2. The van der Waals surface area contributed by atoms with E-state index in [0.717, 1.165) is 6.29 Å². The Morgan fingerprint density at radius 1 is 1.29 bits per heavy atom. The number of carbonyl (C=O) groups is 1. The van der Waals surface area contributed by atoms with Gasteiger partial charge in [-0.2, -0.15) is 0 Å². The largest absolute Gasteiger partial charge is 0.496 e. The molecule has 7 heteroatoms. The van der Waals surface area contributed by atoms with Crippen LogP contribution in [0.1, 0.15) is 10.4 Å². The normalized spacial score (nSPS) is 12.2. The molecule has 1 aromatic heterocycles. The molecule has 1 aliphatic heterocycles. The van der Waals surface area contributed by atoms with Gasteiger partial charge in [-0.05, 0) is 6.07 Å². The van der Waals surface area contributed by atoms with E-state index >= 15 is 0 Å². The van der Waals surface area contributed by atoms with Gasteiger partial charge >= 0.3 is 0 Å². The zero-order valence-electron chi connectivity index (χ0n) is 11.6. The summed E-state index contributed by atoms with van der Waals surface area (Å²) in [5, 5.41) is 0. The standard InChI is InChI=1S/C14H13N3O4/c1-19-8-17-10-5-9(7-18)11(20-2)6-12(10)21-14-13(17)15-3-4-16-14/h3-7H,8H2,1-2H3. The maximum atomic E-state index is 11.2. The van der Waals surface area contributed by atoms with Crippen molar-refractivity contribution < 1.29 is 19.0 Å². The van der Waals surface area contributed by atoms with Gasteiger partial charge in [-0.15, -0.1) is 0 Å². The molecule has 0 aliphatic carbocycles. The topological polar surface area (TPSA) is 73.8 Å². The molecule has 0 unspecified atom stereocenters. The van der Waals surface area contributed by atoms with Crippen molar-refractivity contribution in [3.05, 3.63) is 30.1 Å². The number of carbonyl (C=O) groups excluding carboxylic acids is 1. The summed E-state index contributed by atoms with van der Waals surface area (Å²) < 4.78 is 16.1. The molecule has 0 bridgehead atoms. The van der Waals surface area contributed by atoms with Crippen molar-refractivity contribution in [2.24, 2.45) is 0 Å². The molecule has 7 nitrogen and oxygen atoms in total. The number of ether oxygens (including phenoxy) is 3. The smallest absolute Gasteiger partial charge is 0.263 e. The molecule has 0 fully saturated rings. The van der Waals surface area contributed by atoms with Gasteiger partial charge in [0.15, 0.2) is 17.9 Å². The summed E-state index contributed by atoms with van der Waals surface area (Å²) in [5.41, 5.74) is 1.10. The first-order valence-electron chi connectivity index (χ1n) is 6.21. The van der Waals surface area contributed by atoms with Crippen LogP contribution in [0.2, 0.25) is 0 Å². The van der Waals surface area contributed by atoms with Crippen LogP contribution in [0.5, 0.6) is 17.4 Å². The van der Waals surface area contributed by atoms with Crippen molar-refractivity contribution in [2.75, 3.05) is 25.9 Å². The Morgan fingerprint density at radius 3 is 2.81 bits per heavy atom. The zero-order valence-corrected chi connectivity index (χ0v) is 11.6. The van der Waals surface area contributed by atoms with E-state index in [2.05, 4.69) is 9.97 Å². The van der Waals surface area contributed by atoms with Gasteiger partial charge in [-0.25, -0.2) is 9.97 Å². The second kappa shape index (κ2) is 5.37. The van der Waals surface area contributed by atoms with E-state index in [0.29, 0.717) is 34.4 Å². The summed E-state index contributed by atoms with van der Waals surface area (Å²) in [6.07, 6.45) is 3.85. The molecule has 0 amide bonds. The average Bonchev–Trinajstić information content (AvgIpc) is 2.53. The quantitative estimate of drug-likeness (QED) is 0.797. The van der Waals surface area contributed by atoms with Gasteiger partial charge in [0.1, 0.15) is 12.5 Å². The van der Waals surface area contributed by atoms with E-state index in [1.165, 1.54) is 7.11 Å². The molecule has 1 aromatic carbocycles. The predicted octanol–water partition coefficient (Wildman–Crippen LogP) is 2.15. The number of aldehydes is 1. The maximum absolute atomic E-state index is 11.2. The summed E-state index contributed by atoms with van der Waals surface area (Å²) in [6, 6.07) is 3.33. The monoisotopic (exact) mass is 287 g/mol. The zero-order chi connectivity index (χ0) is 14.8. The van der Waals surface area contributed by atoms with Crippen LogP contribution in [0, 0.1) is 0 Å². The van der Waals surface area contributed by atoms with Crippen molar-refractivity contribution in [3.63, 3.8) is 0 Å². The van der Waals surface area contributed by atoms with Gasteiger partial charge in [0.25, 0.3) is 5.88 Å². The Morgan fingerprint density at radius 2 is 2.10 bits per heavy atom. The lowest BCUT2D eigenvalue weighted by molar-refractivity contribution is 0.112. The van der Waals surface area contributed by atoms with Crippen molar-refractivity contribution in [3.8, 4) is 17.4 Å². The summed E-state index contributed by atoms with van der Waals surface area (Å²) in [4.78, 5) is 21.4. The van der Waals surface area contributed by atoms with Gasteiger partial charge < -0.3 is 14.2 Å². The van der Waals surface area contributed by atoms with E-state index in [-0.39, 0.29) is 6.73 Å². The molecule has 0 radical (unpaired) electrons. The van der Waals surface area contributed by atoms with E-state index < -0.39 is 0 Å². The Bertz CT molecular complexity index is 690. The maximum Gasteiger partial charge on any atom is 0.263 e. The molecule has 2 heterocycles. The van der Waals surface area contributed by atoms with Crippen LogP contribution < -0.4 is 14.4 Å². The Balaban J connectivity index is 2.17. The Labute approximate surface area is 121 Å². The number of methoxy groups -OCH3 is 2. The molecule has 1 aliphatic rings. The molecule has 21 heavy (non-hydrogen) atoms. The molecule has 108 valence electrons. The fourth-order valence-electron chi connectivity index (χ4n) is 2.18. The summed E-state index contributed by atoms with van der Waals surface area (Å²) in [5.74, 6) is 1.88. The number of rotatable bonds is 4. The highest BCUT2D eigenvalue weighted by atomic mass is 16.5. The second-order valence-electron chi connectivity index (χ2n) is 4.31. The van der Waals surface area contributed by atoms with Crippen molar-refractivity contribution in [1.29, 1.82) is 0 Å². The highest BCUT2D eigenvalue weighted by molar-refractivity contribution is 5.86. The molecule has 0 atom stereocenters. The molecule has 3 rings (SSSR count). The van der Waals surface area contributed by atoms with Crippen LogP contribution in [-0.2, 0) is 4.74 Å². The van der Waals surface area contributed by atoms with Crippen LogP contribution in [-0.4, -0.2) is 37.2 Å². The predicted molar refractivity (Wildman–Crippen MR) is 74.5 cm³/mol. The van der Waals surface area contributed by atoms with Crippen molar-refractivity contribution in [2.45, 2.75) is 0 Å². The highest BCUT2D eigenvalue weighted by Gasteiger charge is 2.28. The van der Waals surface area contributed by atoms with Crippen LogP contribution in [0.4, 0.5) is 11.5 Å². The van der Waals surface area contributed by atoms with Crippen molar-refractivity contribution in [1.82, 2.24) is 9.97 Å². The SMILES string of the molecule is COCN1c2cc(C=O)c(OC)cc2Oc2nccnc21. The number of nitrogens with zero attached hydrogens (tertiary/aromatic N) is 3. The van der Waals surface area contributed by atoms with Crippen LogP contribution >= 0.6 is 0 Å². The molecular weight excluding hydrogens is 274 g/mol. The van der Waals surface area contributed by atoms with Crippen LogP contribution in [0.15, 0.2) is 24.5 Å². The van der Waals surface area contributed by atoms with Gasteiger partial charge in [-0.3, -0.25) is 9.69 Å². The average molecular weight is 287 g/mol. The van der Waals surface area contributed by atoms with Gasteiger partial charge in [-0.1, -0.05) is 0 Å². The van der Waals surface area contributed by atoms with Gasteiger partial charge in [0, 0.05) is 25.6 Å². The highest BCUT2D eigenvalue weighted by Crippen LogP contribution is 2.46. The third kappa shape index (κ3) is 2.17. The number of hydrogen-bond acceptors (Lipinski definition) is 7. The number of fused-ring (bicyclic) bond motifs is 2. The van der Waals surface area contributed by atoms with E-state index in [1.807, 2.05) is 0 Å². The van der Waals surface area contributed by atoms with E-state index in [4.69, 9.17) is 14.2 Å². The summed E-state index contributed by atoms with van der Waals surface area (Å²) in [7, 11) is 3.08. The minimum Gasteiger partial charge on any atom is -0.496 e. The number of anilines is 2. The lowest BCUT2D eigenvalue weighted by Gasteiger charge is -2.30. The van der Waals surface area contributed by atoms with Gasteiger partial charge in [0.05, 0.1) is 18.4 Å². The molecule has 0 saturated heterocycles. The molecular formula is C14H13N3O4. The lowest BCUT2D eigenvalue weighted by atomic mass is 10.1. The Kier molecular flexibility index (Phi) is 3.41. The lowest BCUT2D eigenvalue weighted by Crippen LogP contribution is -2.25. The second-order valence-corrected chi connectivity index (χ2v) is 4.31. The number of hydrogen-bond donors (Lipinski definition) is 0.